The molecule has 3 rings (SSSR count). The van der Waals surface area contributed by atoms with Crippen molar-refractivity contribution in [2.75, 3.05) is 11.5 Å². The van der Waals surface area contributed by atoms with Gasteiger partial charge in [0.2, 0.25) is 0 Å². The maximum atomic E-state index is 13.6. The van der Waals surface area contributed by atoms with Gasteiger partial charge >= 0.3 is 24.6 Å². The number of ether oxygens (including phenoxy) is 1. The van der Waals surface area contributed by atoms with Crippen molar-refractivity contribution in [2.45, 2.75) is 63.1 Å². The highest BCUT2D eigenvalue weighted by atomic mass is 19.4. The number of hydrogen-bond acceptors (Lipinski definition) is 3. The molecule has 0 N–H and O–H groups in total. The van der Waals surface area contributed by atoms with Crippen LogP contribution in [-0.2, 0) is 23.3 Å². The van der Waals surface area contributed by atoms with Crippen molar-refractivity contribution >= 4 is 11.8 Å². The van der Waals surface area contributed by atoms with Crippen molar-refractivity contribution in [3.05, 3.63) is 64.2 Å². The van der Waals surface area contributed by atoms with E-state index in [-0.39, 0.29) is 36.8 Å². The van der Waals surface area contributed by atoms with E-state index in [1.54, 1.807) is 13.0 Å². The molecule has 1 aliphatic heterocycles. The van der Waals surface area contributed by atoms with Gasteiger partial charge in [-0.2, -0.15) is 44.8 Å². The van der Waals surface area contributed by atoms with E-state index >= 15 is 0 Å². The fourth-order valence-electron chi connectivity index (χ4n) is 4.63. The Morgan fingerprint density at radius 3 is 1.95 bits per heavy atom. The van der Waals surface area contributed by atoms with Crippen LogP contribution in [-0.4, -0.2) is 18.7 Å². The normalized spacial score (nSPS) is 18.9. The average Bonchev–Trinajstić information content (AvgIpc) is 2.82. The third kappa shape index (κ3) is 5.84. The minimum absolute atomic E-state index is 0.0591. The molecule has 1 heterocycles. The Labute approximate surface area is 211 Å². The Hall–Kier alpha value is -3.43. The summed E-state index contributed by atoms with van der Waals surface area (Å²) in [4.78, 5) is 13.8. The lowest BCUT2D eigenvalue weighted by Crippen LogP contribution is -2.45. The Kier molecular flexibility index (Phi) is 7.96. The van der Waals surface area contributed by atoms with E-state index < -0.39 is 64.8 Å². The number of benzene rings is 2. The minimum atomic E-state index is -5.18. The topological polar surface area (TPSA) is 53.3 Å². The molecular formula is C25H21F9N2O2. The fourth-order valence-corrected chi connectivity index (χ4v) is 4.63. The predicted molar refractivity (Wildman–Crippen MR) is 117 cm³/mol. The van der Waals surface area contributed by atoms with Crippen LogP contribution in [0.2, 0.25) is 0 Å². The predicted octanol–water partition coefficient (Wildman–Crippen LogP) is 8.28. The SMILES string of the molecule is CCOC(=O)N1c2ccc(C(F)(F)F)cc2C(C(C#N)c2cc(C(F)(F)F)cc(C(F)(F)F)c2)C[C@@H]1CC. The van der Waals surface area contributed by atoms with Crippen LogP contribution in [0.15, 0.2) is 36.4 Å². The quantitative estimate of drug-likeness (QED) is 0.359. The van der Waals surface area contributed by atoms with Gasteiger partial charge in [0.15, 0.2) is 0 Å². The van der Waals surface area contributed by atoms with E-state index in [4.69, 9.17) is 4.74 Å². The van der Waals surface area contributed by atoms with Gasteiger partial charge in [0.1, 0.15) is 0 Å². The van der Waals surface area contributed by atoms with Gasteiger partial charge in [-0.1, -0.05) is 6.92 Å². The summed E-state index contributed by atoms with van der Waals surface area (Å²) in [6, 6.07) is 4.02. The van der Waals surface area contributed by atoms with Crippen molar-refractivity contribution in [3.63, 3.8) is 0 Å². The van der Waals surface area contributed by atoms with Crippen LogP contribution in [0.25, 0.3) is 0 Å². The number of amides is 1. The molecule has 0 saturated carbocycles. The maximum absolute atomic E-state index is 13.6. The third-order valence-corrected chi connectivity index (χ3v) is 6.35. The zero-order valence-corrected chi connectivity index (χ0v) is 19.9. The van der Waals surface area contributed by atoms with Crippen LogP contribution in [0.3, 0.4) is 0 Å². The van der Waals surface area contributed by atoms with Crippen LogP contribution in [0.1, 0.15) is 66.3 Å². The first-order valence-corrected chi connectivity index (χ1v) is 11.4. The van der Waals surface area contributed by atoms with E-state index in [1.165, 1.54) is 6.92 Å². The summed E-state index contributed by atoms with van der Waals surface area (Å²) in [6.45, 7) is 3.09. The maximum Gasteiger partial charge on any atom is 0.416 e. The van der Waals surface area contributed by atoms with Crippen LogP contribution >= 0.6 is 0 Å². The van der Waals surface area contributed by atoms with Gasteiger partial charge in [-0.3, -0.25) is 4.90 Å². The molecule has 3 atom stereocenters. The van der Waals surface area contributed by atoms with Gasteiger partial charge in [-0.25, -0.2) is 4.79 Å². The van der Waals surface area contributed by atoms with Crippen molar-refractivity contribution < 1.29 is 49.0 Å². The summed E-state index contributed by atoms with van der Waals surface area (Å²) in [7, 11) is 0. The van der Waals surface area contributed by atoms with E-state index in [2.05, 4.69) is 0 Å². The van der Waals surface area contributed by atoms with Gasteiger partial charge in [-0.05, 0) is 67.3 Å². The fraction of sp³-hybridized carbons (Fsp3) is 0.440. The number of fused-ring (bicyclic) bond motifs is 1. The molecule has 0 fully saturated rings. The Morgan fingerprint density at radius 1 is 0.947 bits per heavy atom. The number of nitrogens with zero attached hydrogens (tertiary/aromatic N) is 2. The van der Waals surface area contributed by atoms with Crippen molar-refractivity contribution in [2.24, 2.45) is 0 Å². The minimum Gasteiger partial charge on any atom is -0.449 e. The molecule has 1 aliphatic rings. The highest BCUT2D eigenvalue weighted by molar-refractivity contribution is 5.90. The number of halogens is 9. The molecule has 0 radical (unpaired) electrons. The van der Waals surface area contributed by atoms with Crippen molar-refractivity contribution in [3.8, 4) is 6.07 Å². The van der Waals surface area contributed by atoms with E-state index in [0.717, 1.165) is 11.0 Å². The summed E-state index contributed by atoms with van der Waals surface area (Å²) < 4.78 is 126. The number of rotatable bonds is 4. The van der Waals surface area contributed by atoms with Gasteiger partial charge < -0.3 is 4.74 Å². The summed E-state index contributed by atoms with van der Waals surface area (Å²) in [5.74, 6) is -2.96. The Morgan fingerprint density at radius 2 is 1.50 bits per heavy atom. The second kappa shape index (κ2) is 10.4. The first-order chi connectivity index (χ1) is 17.5. The Balaban J connectivity index is 2.28. The molecule has 13 heteroatoms. The lowest BCUT2D eigenvalue weighted by atomic mass is 9.74. The standard InChI is InChI=1S/C25H21F9N2O2/c1-3-17-11-18(19-10-14(23(26,27)28)5-6-21(19)36(17)22(37)38-4-2)20(12-35)13-7-15(24(29,30)31)9-16(8-13)25(32,33)34/h5-10,17-18,20H,3-4,11H2,1-2H3/t17-,18?,20?/m0/s1. The van der Waals surface area contributed by atoms with Crippen LogP contribution < -0.4 is 4.90 Å². The number of carbonyl (C=O) groups excluding carboxylic acids is 1. The number of nitriles is 1. The second-order valence-corrected chi connectivity index (χ2v) is 8.69. The van der Waals surface area contributed by atoms with Crippen molar-refractivity contribution in [1.29, 1.82) is 5.26 Å². The van der Waals surface area contributed by atoms with E-state index in [1.807, 2.05) is 0 Å². The lowest BCUT2D eigenvalue weighted by molar-refractivity contribution is -0.143. The molecular weight excluding hydrogens is 531 g/mol. The molecule has 0 spiro atoms. The van der Waals surface area contributed by atoms with Gasteiger partial charge in [0, 0.05) is 12.0 Å². The first-order valence-electron chi connectivity index (χ1n) is 11.4. The summed E-state index contributed by atoms with van der Waals surface area (Å²) in [6.07, 6.45) is -16.1. The zero-order chi connectivity index (χ0) is 28.6. The third-order valence-electron chi connectivity index (χ3n) is 6.35. The molecule has 1 amide bonds. The van der Waals surface area contributed by atoms with Crippen molar-refractivity contribution in [1.82, 2.24) is 0 Å². The molecule has 206 valence electrons. The first kappa shape index (κ1) is 29.1. The molecule has 0 aromatic heterocycles. The molecule has 0 aliphatic carbocycles. The average molecular weight is 552 g/mol. The molecule has 0 bridgehead atoms. The molecule has 4 nitrogen and oxygen atoms in total. The number of alkyl halides is 9. The lowest BCUT2D eigenvalue weighted by Gasteiger charge is -2.41. The second-order valence-electron chi connectivity index (χ2n) is 8.69. The number of carbonyl (C=O) groups is 1. The molecule has 2 aromatic carbocycles. The summed E-state index contributed by atoms with van der Waals surface area (Å²) >= 11 is 0. The van der Waals surface area contributed by atoms with Crippen LogP contribution in [0.4, 0.5) is 50.0 Å². The smallest absolute Gasteiger partial charge is 0.416 e. The summed E-state index contributed by atoms with van der Waals surface area (Å²) in [5.41, 5.74) is -5.39. The van der Waals surface area contributed by atoms with Crippen LogP contribution in [0.5, 0.6) is 0 Å². The molecule has 2 aromatic rings. The number of anilines is 1. The highest BCUT2D eigenvalue weighted by Crippen LogP contribution is 2.49. The molecule has 38 heavy (non-hydrogen) atoms. The van der Waals surface area contributed by atoms with Gasteiger partial charge in [0.05, 0.1) is 41.0 Å². The van der Waals surface area contributed by atoms with E-state index in [0.29, 0.717) is 24.3 Å². The molecule has 0 saturated heterocycles. The summed E-state index contributed by atoms with van der Waals surface area (Å²) in [5, 5.41) is 9.95. The largest absolute Gasteiger partial charge is 0.449 e. The Bertz CT molecular complexity index is 1200. The van der Waals surface area contributed by atoms with Crippen LogP contribution in [0, 0.1) is 11.3 Å². The monoisotopic (exact) mass is 552 g/mol. The zero-order valence-electron chi connectivity index (χ0n) is 19.9. The van der Waals surface area contributed by atoms with Gasteiger partial charge in [-0.15, -0.1) is 0 Å². The highest BCUT2D eigenvalue weighted by Gasteiger charge is 2.43. The number of hydrogen-bond donors (Lipinski definition) is 0. The molecule has 2 unspecified atom stereocenters. The van der Waals surface area contributed by atoms with E-state index in [9.17, 15) is 49.6 Å². The van der Waals surface area contributed by atoms with Gasteiger partial charge in [0.25, 0.3) is 0 Å².